The van der Waals surface area contributed by atoms with Crippen LogP contribution >= 0.6 is 0 Å². The van der Waals surface area contributed by atoms with Crippen LogP contribution in [-0.4, -0.2) is 41.6 Å². The van der Waals surface area contributed by atoms with E-state index in [0.29, 0.717) is 23.9 Å². The molecule has 1 rings (SSSR count). The largest absolute Gasteiger partial charge is 0.354 e. The number of nitrogens with one attached hydrogen (secondary N) is 2. The van der Waals surface area contributed by atoms with Crippen molar-refractivity contribution in [2.24, 2.45) is 0 Å². The number of hydrogen-bond acceptors (Lipinski definition) is 6. The van der Waals surface area contributed by atoms with Crippen LogP contribution in [0.4, 0.5) is 17.8 Å². The van der Waals surface area contributed by atoms with E-state index >= 15 is 0 Å². The van der Waals surface area contributed by atoms with Crippen LogP contribution in [0.3, 0.4) is 0 Å². The van der Waals surface area contributed by atoms with Gasteiger partial charge in [-0.2, -0.15) is 15.0 Å². The van der Waals surface area contributed by atoms with E-state index in [-0.39, 0.29) is 0 Å². The van der Waals surface area contributed by atoms with Gasteiger partial charge >= 0.3 is 0 Å². The molecule has 0 aliphatic rings. The molecule has 114 valence electrons. The van der Waals surface area contributed by atoms with Gasteiger partial charge in [0, 0.05) is 26.7 Å². The molecular weight excluding hydrogens is 252 g/mol. The van der Waals surface area contributed by atoms with Crippen molar-refractivity contribution in [3.63, 3.8) is 0 Å². The average Bonchev–Trinajstić information content (AvgIpc) is 2.42. The van der Waals surface area contributed by atoms with E-state index in [0.717, 1.165) is 19.4 Å². The average molecular weight is 280 g/mol. The maximum atomic E-state index is 4.44. The topological polar surface area (TPSA) is 66.0 Å². The monoisotopic (exact) mass is 280 g/mol. The molecule has 0 fully saturated rings. The fraction of sp³-hybridized carbons (Fsp3) is 0.786. The van der Waals surface area contributed by atoms with Crippen molar-refractivity contribution in [3.8, 4) is 0 Å². The molecular formula is C14H28N6. The Bertz CT molecular complexity index is 393. The first-order valence-electron chi connectivity index (χ1n) is 7.50. The van der Waals surface area contributed by atoms with Crippen molar-refractivity contribution in [2.45, 2.75) is 52.5 Å². The smallest absolute Gasteiger partial charge is 0.231 e. The summed E-state index contributed by atoms with van der Waals surface area (Å²) in [5.41, 5.74) is 0. The zero-order chi connectivity index (χ0) is 15.0. The Morgan fingerprint density at radius 3 is 2.35 bits per heavy atom. The van der Waals surface area contributed by atoms with Gasteiger partial charge in [-0.15, -0.1) is 0 Å². The second-order valence-corrected chi connectivity index (χ2v) is 5.29. The van der Waals surface area contributed by atoms with Crippen molar-refractivity contribution in [1.29, 1.82) is 0 Å². The Hall–Kier alpha value is -1.59. The highest BCUT2D eigenvalue weighted by Crippen LogP contribution is 2.13. The predicted octanol–water partition coefficient (Wildman–Crippen LogP) is 2.75. The molecule has 0 saturated heterocycles. The second-order valence-electron chi connectivity index (χ2n) is 5.29. The number of anilines is 3. The van der Waals surface area contributed by atoms with Gasteiger partial charge in [-0.1, -0.05) is 26.7 Å². The lowest BCUT2D eigenvalue weighted by atomic mass is 10.1. The normalized spacial score (nSPS) is 12.1. The van der Waals surface area contributed by atoms with Crippen LogP contribution in [0, 0.1) is 0 Å². The lowest BCUT2D eigenvalue weighted by Gasteiger charge is -2.17. The quantitative estimate of drug-likeness (QED) is 0.725. The van der Waals surface area contributed by atoms with Gasteiger partial charge in [0.1, 0.15) is 0 Å². The minimum Gasteiger partial charge on any atom is -0.354 e. The van der Waals surface area contributed by atoms with Crippen LogP contribution in [0.1, 0.15) is 46.5 Å². The molecule has 0 aromatic carbocycles. The molecule has 1 heterocycles. The highest BCUT2D eigenvalue weighted by Gasteiger charge is 2.10. The molecule has 6 nitrogen and oxygen atoms in total. The Balaban J connectivity index is 2.79. The summed E-state index contributed by atoms with van der Waals surface area (Å²) in [6.07, 6.45) is 4.58. The van der Waals surface area contributed by atoms with Gasteiger partial charge in [-0.25, -0.2) is 0 Å². The van der Waals surface area contributed by atoms with Gasteiger partial charge in [0.2, 0.25) is 17.8 Å². The molecule has 1 aromatic rings. The van der Waals surface area contributed by atoms with E-state index in [1.165, 1.54) is 12.8 Å². The summed E-state index contributed by atoms with van der Waals surface area (Å²) in [4.78, 5) is 15.2. The fourth-order valence-corrected chi connectivity index (χ4v) is 1.75. The first-order chi connectivity index (χ1) is 9.56. The third-order valence-corrected chi connectivity index (χ3v) is 2.92. The van der Waals surface area contributed by atoms with Gasteiger partial charge in [-0.3, -0.25) is 0 Å². The molecule has 0 bridgehead atoms. The van der Waals surface area contributed by atoms with Gasteiger partial charge in [-0.05, 0) is 19.8 Å². The first kappa shape index (κ1) is 16.5. The van der Waals surface area contributed by atoms with Crippen LogP contribution in [-0.2, 0) is 0 Å². The van der Waals surface area contributed by atoms with Crippen LogP contribution < -0.4 is 15.5 Å². The Morgan fingerprint density at radius 2 is 1.75 bits per heavy atom. The Morgan fingerprint density at radius 1 is 1.05 bits per heavy atom. The predicted molar refractivity (Wildman–Crippen MR) is 85.5 cm³/mol. The van der Waals surface area contributed by atoms with E-state index in [2.05, 4.69) is 46.4 Å². The van der Waals surface area contributed by atoms with Crippen LogP contribution in [0.5, 0.6) is 0 Å². The van der Waals surface area contributed by atoms with Crippen molar-refractivity contribution < 1.29 is 0 Å². The van der Waals surface area contributed by atoms with Crippen molar-refractivity contribution in [3.05, 3.63) is 0 Å². The maximum absolute atomic E-state index is 4.44. The molecule has 6 heteroatoms. The fourth-order valence-electron chi connectivity index (χ4n) is 1.75. The van der Waals surface area contributed by atoms with Gasteiger partial charge in [0.05, 0.1) is 0 Å². The van der Waals surface area contributed by atoms with Gasteiger partial charge in [0.15, 0.2) is 0 Å². The summed E-state index contributed by atoms with van der Waals surface area (Å²) in [6.45, 7) is 7.34. The molecule has 0 spiro atoms. The molecule has 1 atom stereocenters. The first-order valence-corrected chi connectivity index (χ1v) is 7.50. The maximum Gasteiger partial charge on any atom is 0.231 e. The SMILES string of the molecule is CCCCC(C)Nc1nc(NCCC)nc(N(C)C)n1. The minimum atomic E-state index is 0.367. The summed E-state index contributed by atoms with van der Waals surface area (Å²) in [7, 11) is 3.87. The summed E-state index contributed by atoms with van der Waals surface area (Å²) in [6, 6.07) is 0.367. The van der Waals surface area contributed by atoms with Crippen LogP contribution in [0.25, 0.3) is 0 Å². The molecule has 1 unspecified atom stereocenters. The zero-order valence-electron chi connectivity index (χ0n) is 13.4. The molecule has 0 saturated carbocycles. The minimum absolute atomic E-state index is 0.367. The van der Waals surface area contributed by atoms with Crippen molar-refractivity contribution in [2.75, 3.05) is 36.2 Å². The van der Waals surface area contributed by atoms with Gasteiger partial charge < -0.3 is 15.5 Å². The van der Waals surface area contributed by atoms with Crippen LogP contribution in [0.2, 0.25) is 0 Å². The molecule has 1 aromatic heterocycles. The number of unbranched alkanes of at least 4 members (excludes halogenated alkanes) is 1. The molecule has 0 aliphatic carbocycles. The summed E-state index contributed by atoms with van der Waals surface area (Å²) >= 11 is 0. The third kappa shape index (κ3) is 5.59. The third-order valence-electron chi connectivity index (χ3n) is 2.92. The van der Waals surface area contributed by atoms with E-state index in [4.69, 9.17) is 0 Å². The number of rotatable bonds is 9. The summed E-state index contributed by atoms with van der Waals surface area (Å²) in [5, 5.41) is 6.58. The molecule has 0 aliphatic heterocycles. The number of hydrogen-bond donors (Lipinski definition) is 2. The highest BCUT2D eigenvalue weighted by atomic mass is 15.3. The summed E-state index contributed by atoms with van der Waals surface area (Å²) in [5.74, 6) is 1.95. The lowest BCUT2D eigenvalue weighted by Crippen LogP contribution is -2.21. The number of aromatic nitrogens is 3. The van der Waals surface area contributed by atoms with Crippen molar-refractivity contribution in [1.82, 2.24) is 15.0 Å². The van der Waals surface area contributed by atoms with Crippen molar-refractivity contribution >= 4 is 17.8 Å². The molecule has 2 N–H and O–H groups in total. The number of nitrogens with zero attached hydrogens (tertiary/aromatic N) is 4. The Labute approximate surface area is 122 Å². The molecule has 0 radical (unpaired) electrons. The van der Waals surface area contributed by atoms with E-state index in [1.54, 1.807) is 0 Å². The van der Waals surface area contributed by atoms with Gasteiger partial charge in [0.25, 0.3) is 0 Å². The molecule has 20 heavy (non-hydrogen) atoms. The van der Waals surface area contributed by atoms with Crippen LogP contribution in [0.15, 0.2) is 0 Å². The zero-order valence-corrected chi connectivity index (χ0v) is 13.4. The summed E-state index contributed by atoms with van der Waals surface area (Å²) < 4.78 is 0. The van der Waals surface area contributed by atoms with E-state index in [9.17, 15) is 0 Å². The molecule has 0 amide bonds. The standard InChI is InChI=1S/C14H28N6/c1-6-8-9-11(3)16-13-17-12(15-10-7-2)18-14(19-13)20(4)5/h11H,6-10H2,1-5H3,(H2,15,16,17,18,19). The second kappa shape index (κ2) is 8.55. The lowest BCUT2D eigenvalue weighted by molar-refractivity contribution is 0.640. The van der Waals surface area contributed by atoms with E-state index < -0.39 is 0 Å². The van der Waals surface area contributed by atoms with E-state index in [1.807, 2.05) is 19.0 Å². The highest BCUT2D eigenvalue weighted by molar-refractivity contribution is 5.43. The Kier molecular flexibility index (Phi) is 7.04.